The summed E-state index contributed by atoms with van der Waals surface area (Å²) in [5.74, 6) is 0.882. The number of rotatable bonds is 7. The van der Waals surface area contributed by atoms with Gasteiger partial charge in [-0.2, -0.15) is 0 Å². The molecule has 6 nitrogen and oxygen atoms in total. The monoisotopic (exact) mass is 279 g/mol. The molecule has 0 aliphatic rings. The maximum Gasteiger partial charge on any atom is 0.307 e. The number of methoxy groups -OCH3 is 2. The van der Waals surface area contributed by atoms with Gasteiger partial charge in [0.2, 0.25) is 0 Å². The van der Waals surface area contributed by atoms with E-state index in [1.54, 1.807) is 7.11 Å². The summed E-state index contributed by atoms with van der Waals surface area (Å²) in [6.45, 7) is 1.01. The Labute approximate surface area is 119 Å². The second-order valence-electron chi connectivity index (χ2n) is 4.12. The third-order valence-corrected chi connectivity index (χ3v) is 2.70. The van der Waals surface area contributed by atoms with Crippen molar-refractivity contribution in [1.82, 2.24) is 5.32 Å². The van der Waals surface area contributed by atoms with Crippen molar-refractivity contribution in [1.29, 1.82) is 0 Å². The highest BCUT2D eigenvalue weighted by atomic mass is 16.5. The molecule has 1 aromatic carbocycles. The number of nitrogens with two attached hydrogens (primary N) is 1. The normalized spacial score (nSPS) is 11.0. The predicted molar refractivity (Wildman–Crippen MR) is 77.8 cm³/mol. The van der Waals surface area contributed by atoms with Gasteiger partial charge in [-0.25, -0.2) is 0 Å². The van der Waals surface area contributed by atoms with Crippen LogP contribution in [-0.4, -0.2) is 39.2 Å². The number of benzene rings is 1. The van der Waals surface area contributed by atoms with Gasteiger partial charge in [-0.1, -0.05) is 12.1 Å². The van der Waals surface area contributed by atoms with Crippen molar-refractivity contribution in [3.05, 3.63) is 29.8 Å². The predicted octanol–water partition coefficient (Wildman–Crippen LogP) is 0.705. The van der Waals surface area contributed by atoms with E-state index in [2.05, 4.69) is 15.0 Å². The molecule has 6 heteroatoms. The van der Waals surface area contributed by atoms with Crippen LogP contribution >= 0.6 is 0 Å². The van der Waals surface area contributed by atoms with Crippen molar-refractivity contribution >= 4 is 11.9 Å². The molecule has 20 heavy (non-hydrogen) atoms. The summed E-state index contributed by atoms with van der Waals surface area (Å²) in [4.78, 5) is 14.9. The molecule has 0 bridgehead atoms. The highest BCUT2D eigenvalue weighted by Gasteiger charge is 1.99. The number of carbonyl (C=O) groups is 1. The molecular weight excluding hydrogens is 258 g/mol. The topological polar surface area (TPSA) is 85.9 Å². The summed E-state index contributed by atoms with van der Waals surface area (Å²) < 4.78 is 9.60. The van der Waals surface area contributed by atoms with E-state index in [4.69, 9.17) is 10.5 Å². The van der Waals surface area contributed by atoms with Gasteiger partial charge in [0, 0.05) is 6.54 Å². The maximum atomic E-state index is 10.9. The van der Waals surface area contributed by atoms with Crippen molar-refractivity contribution in [2.75, 3.05) is 27.3 Å². The Morgan fingerprint density at radius 1 is 1.30 bits per heavy atom. The Hall–Kier alpha value is -2.24. The second kappa shape index (κ2) is 8.79. The number of carbonyl (C=O) groups excluding carboxylic acids is 1. The number of ether oxygens (including phenoxy) is 2. The third kappa shape index (κ3) is 6.08. The van der Waals surface area contributed by atoms with Crippen molar-refractivity contribution in [3.8, 4) is 5.75 Å². The van der Waals surface area contributed by atoms with Crippen LogP contribution in [0.25, 0.3) is 0 Å². The first-order chi connectivity index (χ1) is 9.65. The number of guanidine groups is 1. The lowest BCUT2D eigenvalue weighted by Gasteiger charge is -2.06. The SMILES string of the molecule is COC(=O)CCN=C(N)NCCc1ccc(OC)cc1. The molecule has 0 atom stereocenters. The van der Waals surface area contributed by atoms with Crippen LogP contribution in [0.2, 0.25) is 0 Å². The minimum absolute atomic E-state index is 0.233. The first-order valence-corrected chi connectivity index (χ1v) is 6.39. The molecule has 0 aromatic heterocycles. The fraction of sp³-hybridized carbons (Fsp3) is 0.429. The number of hydrogen-bond acceptors (Lipinski definition) is 4. The van der Waals surface area contributed by atoms with E-state index in [0.29, 0.717) is 19.0 Å². The standard InChI is InChI=1S/C14H21N3O3/c1-19-12-5-3-11(4-6-12)7-9-16-14(15)17-10-8-13(18)20-2/h3-6H,7-10H2,1-2H3,(H3,15,16,17). The zero-order valence-corrected chi connectivity index (χ0v) is 11.9. The molecule has 0 saturated carbocycles. The lowest BCUT2D eigenvalue weighted by molar-refractivity contribution is -0.140. The van der Waals surface area contributed by atoms with Crippen LogP contribution in [0, 0.1) is 0 Å². The van der Waals surface area contributed by atoms with E-state index < -0.39 is 0 Å². The Morgan fingerprint density at radius 3 is 2.60 bits per heavy atom. The molecule has 0 spiro atoms. The Bertz CT molecular complexity index is 443. The molecule has 0 amide bonds. The van der Waals surface area contributed by atoms with Crippen molar-refractivity contribution in [3.63, 3.8) is 0 Å². The van der Waals surface area contributed by atoms with E-state index in [1.807, 2.05) is 24.3 Å². The minimum Gasteiger partial charge on any atom is -0.497 e. The van der Waals surface area contributed by atoms with Crippen LogP contribution in [0.1, 0.15) is 12.0 Å². The summed E-state index contributed by atoms with van der Waals surface area (Å²) in [6, 6.07) is 7.85. The highest BCUT2D eigenvalue weighted by molar-refractivity contribution is 5.78. The van der Waals surface area contributed by atoms with Gasteiger partial charge >= 0.3 is 5.97 Å². The molecule has 110 valence electrons. The number of hydrogen-bond donors (Lipinski definition) is 2. The van der Waals surface area contributed by atoms with Crippen LogP contribution < -0.4 is 15.8 Å². The van der Waals surface area contributed by atoms with Crippen LogP contribution in [0.3, 0.4) is 0 Å². The van der Waals surface area contributed by atoms with E-state index in [9.17, 15) is 4.79 Å². The van der Waals surface area contributed by atoms with E-state index >= 15 is 0 Å². The van der Waals surface area contributed by atoms with Gasteiger partial charge in [0.25, 0.3) is 0 Å². The molecule has 0 heterocycles. The van der Waals surface area contributed by atoms with Gasteiger partial charge in [-0.15, -0.1) is 0 Å². The lowest BCUT2D eigenvalue weighted by atomic mass is 10.1. The first-order valence-electron chi connectivity index (χ1n) is 6.39. The quantitative estimate of drug-likeness (QED) is 0.436. The zero-order chi connectivity index (χ0) is 14.8. The summed E-state index contributed by atoms with van der Waals surface area (Å²) in [5, 5.41) is 3.00. The van der Waals surface area contributed by atoms with Crippen LogP contribution in [0.15, 0.2) is 29.3 Å². The molecular formula is C14H21N3O3. The molecule has 0 aliphatic carbocycles. The lowest BCUT2D eigenvalue weighted by Crippen LogP contribution is -2.33. The van der Waals surface area contributed by atoms with E-state index in [0.717, 1.165) is 12.2 Å². The molecule has 1 rings (SSSR count). The summed E-state index contributed by atoms with van der Waals surface area (Å²) in [5.41, 5.74) is 6.86. The summed E-state index contributed by atoms with van der Waals surface area (Å²) in [6.07, 6.45) is 1.06. The number of nitrogens with zero attached hydrogens (tertiary/aromatic N) is 1. The summed E-state index contributed by atoms with van der Waals surface area (Å²) in [7, 11) is 2.99. The molecule has 3 N–H and O–H groups in total. The third-order valence-electron chi connectivity index (χ3n) is 2.70. The van der Waals surface area contributed by atoms with Crippen molar-refractivity contribution in [2.45, 2.75) is 12.8 Å². The molecule has 0 unspecified atom stereocenters. The molecule has 0 radical (unpaired) electrons. The number of aliphatic imine (C=N–C) groups is 1. The fourth-order valence-corrected chi connectivity index (χ4v) is 1.55. The summed E-state index contributed by atoms with van der Waals surface area (Å²) >= 11 is 0. The second-order valence-corrected chi connectivity index (χ2v) is 4.12. The Balaban J connectivity index is 2.25. The smallest absolute Gasteiger partial charge is 0.307 e. The van der Waals surface area contributed by atoms with Gasteiger partial charge < -0.3 is 20.5 Å². The van der Waals surface area contributed by atoms with Gasteiger partial charge in [0.1, 0.15) is 5.75 Å². The van der Waals surface area contributed by atoms with Crippen LogP contribution in [0.5, 0.6) is 5.75 Å². The van der Waals surface area contributed by atoms with Gasteiger partial charge in [0.05, 0.1) is 27.2 Å². The molecule has 0 aliphatic heterocycles. The first kappa shape index (κ1) is 15.8. The van der Waals surface area contributed by atoms with Crippen molar-refractivity contribution in [2.24, 2.45) is 10.7 Å². The largest absolute Gasteiger partial charge is 0.497 e. The van der Waals surface area contributed by atoms with Gasteiger partial charge in [0.15, 0.2) is 5.96 Å². The van der Waals surface area contributed by atoms with Crippen LogP contribution in [-0.2, 0) is 16.0 Å². The molecule has 0 fully saturated rings. The van der Waals surface area contributed by atoms with Gasteiger partial charge in [-0.05, 0) is 24.1 Å². The van der Waals surface area contributed by atoms with Gasteiger partial charge in [-0.3, -0.25) is 9.79 Å². The zero-order valence-electron chi connectivity index (χ0n) is 11.9. The van der Waals surface area contributed by atoms with Crippen molar-refractivity contribution < 1.29 is 14.3 Å². The molecule has 0 saturated heterocycles. The average Bonchev–Trinajstić information content (AvgIpc) is 2.47. The maximum absolute atomic E-state index is 10.9. The minimum atomic E-state index is -0.292. The fourth-order valence-electron chi connectivity index (χ4n) is 1.55. The van der Waals surface area contributed by atoms with Crippen LogP contribution in [0.4, 0.5) is 0 Å². The Morgan fingerprint density at radius 2 is 2.00 bits per heavy atom. The van der Waals surface area contributed by atoms with E-state index in [-0.39, 0.29) is 12.4 Å². The average molecular weight is 279 g/mol. The Kier molecular flexibility index (Phi) is 6.95. The number of esters is 1. The number of nitrogens with one attached hydrogen (secondary N) is 1. The van der Waals surface area contributed by atoms with E-state index in [1.165, 1.54) is 12.7 Å². The highest BCUT2D eigenvalue weighted by Crippen LogP contribution is 2.11. The molecule has 1 aromatic rings.